The predicted molar refractivity (Wildman–Crippen MR) is 96.5 cm³/mol. The van der Waals surface area contributed by atoms with Crippen LogP contribution >= 0.6 is 0 Å². The normalized spacial score (nSPS) is 11.0. The standard InChI is InChI=1S/C18H20N4O2/c1-12(21-13(2)24-20)11-14-7-9-15(10-8-14)18(23)22-17-6-4-3-5-16(17)19/h3-10H,1,11,19-20H2,2H3,(H,22,23). The number of benzene rings is 2. The number of nitrogens with one attached hydrogen (secondary N) is 1. The number of aliphatic imine (C=N–C) groups is 1. The molecule has 0 saturated heterocycles. The summed E-state index contributed by atoms with van der Waals surface area (Å²) < 4.78 is 0. The van der Waals surface area contributed by atoms with E-state index in [-0.39, 0.29) is 5.91 Å². The first-order chi connectivity index (χ1) is 11.5. The van der Waals surface area contributed by atoms with E-state index in [1.807, 2.05) is 24.3 Å². The van der Waals surface area contributed by atoms with Crippen LogP contribution in [0, 0.1) is 0 Å². The van der Waals surface area contributed by atoms with Crippen molar-refractivity contribution >= 4 is 23.2 Å². The van der Waals surface area contributed by atoms with Crippen molar-refractivity contribution in [2.24, 2.45) is 10.9 Å². The number of carbonyl (C=O) groups is 1. The summed E-state index contributed by atoms with van der Waals surface area (Å²) in [6.45, 7) is 5.49. The van der Waals surface area contributed by atoms with Crippen LogP contribution in [-0.2, 0) is 11.3 Å². The first-order valence-electron chi connectivity index (χ1n) is 7.34. The number of rotatable bonds is 5. The minimum atomic E-state index is -0.219. The van der Waals surface area contributed by atoms with Gasteiger partial charge >= 0.3 is 0 Å². The van der Waals surface area contributed by atoms with Crippen molar-refractivity contribution in [2.45, 2.75) is 13.3 Å². The molecule has 0 aliphatic heterocycles. The highest BCUT2D eigenvalue weighted by Crippen LogP contribution is 2.18. The van der Waals surface area contributed by atoms with E-state index in [1.165, 1.54) is 0 Å². The van der Waals surface area contributed by atoms with Crippen molar-refractivity contribution in [3.8, 4) is 0 Å². The maximum atomic E-state index is 12.2. The summed E-state index contributed by atoms with van der Waals surface area (Å²) in [4.78, 5) is 20.8. The molecule has 0 fully saturated rings. The predicted octanol–water partition coefficient (Wildman–Crippen LogP) is 2.89. The number of anilines is 2. The Kier molecular flexibility index (Phi) is 5.70. The van der Waals surface area contributed by atoms with E-state index >= 15 is 0 Å². The van der Waals surface area contributed by atoms with Crippen LogP contribution in [0.4, 0.5) is 11.4 Å². The summed E-state index contributed by atoms with van der Waals surface area (Å²) in [5.41, 5.74) is 9.07. The minimum absolute atomic E-state index is 0.219. The molecule has 0 aromatic heterocycles. The Morgan fingerprint density at radius 2 is 1.88 bits per heavy atom. The Bertz CT molecular complexity index is 767. The third-order valence-electron chi connectivity index (χ3n) is 3.32. The molecule has 0 spiro atoms. The van der Waals surface area contributed by atoms with Gasteiger partial charge in [0.25, 0.3) is 5.91 Å². The molecule has 2 aromatic rings. The van der Waals surface area contributed by atoms with Gasteiger partial charge in [0.15, 0.2) is 0 Å². The largest absolute Gasteiger partial charge is 0.397 e. The quantitative estimate of drug-likeness (QED) is 0.340. The van der Waals surface area contributed by atoms with Gasteiger partial charge < -0.3 is 15.9 Å². The molecule has 0 saturated carbocycles. The van der Waals surface area contributed by atoms with Crippen LogP contribution < -0.4 is 16.9 Å². The van der Waals surface area contributed by atoms with Crippen molar-refractivity contribution in [1.29, 1.82) is 0 Å². The Morgan fingerprint density at radius 1 is 1.21 bits per heavy atom. The summed E-state index contributed by atoms with van der Waals surface area (Å²) in [5.74, 6) is 5.14. The van der Waals surface area contributed by atoms with Crippen LogP contribution in [0.5, 0.6) is 0 Å². The molecule has 2 rings (SSSR count). The van der Waals surface area contributed by atoms with Gasteiger partial charge in [-0.05, 0) is 29.8 Å². The average Bonchev–Trinajstić information content (AvgIpc) is 2.57. The van der Waals surface area contributed by atoms with Gasteiger partial charge in [-0.15, -0.1) is 0 Å². The van der Waals surface area contributed by atoms with Crippen molar-refractivity contribution in [3.63, 3.8) is 0 Å². The SMILES string of the molecule is C=C(Cc1ccc(C(=O)Nc2ccccc2N)cc1)N=C(C)ON. The third-order valence-corrected chi connectivity index (χ3v) is 3.32. The van der Waals surface area contributed by atoms with E-state index in [2.05, 4.69) is 21.7 Å². The lowest BCUT2D eigenvalue weighted by Gasteiger charge is -2.08. The van der Waals surface area contributed by atoms with E-state index < -0.39 is 0 Å². The molecule has 5 N–H and O–H groups in total. The molecule has 124 valence electrons. The number of amides is 1. The number of para-hydroxylation sites is 2. The first kappa shape index (κ1) is 17.2. The van der Waals surface area contributed by atoms with Crippen LogP contribution in [-0.4, -0.2) is 11.8 Å². The molecule has 0 aliphatic rings. The highest BCUT2D eigenvalue weighted by molar-refractivity contribution is 6.05. The van der Waals surface area contributed by atoms with Crippen LogP contribution in [0.15, 0.2) is 65.8 Å². The van der Waals surface area contributed by atoms with E-state index in [9.17, 15) is 4.79 Å². The van der Waals surface area contributed by atoms with Gasteiger partial charge in [0.1, 0.15) is 0 Å². The van der Waals surface area contributed by atoms with E-state index in [4.69, 9.17) is 11.6 Å². The van der Waals surface area contributed by atoms with Gasteiger partial charge in [-0.25, -0.2) is 4.99 Å². The molecule has 0 heterocycles. The molecule has 2 aromatic carbocycles. The molecule has 0 unspecified atom stereocenters. The zero-order valence-corrected chi connectivity index (χ0v) is 13.5. The van der Waals surface area contributed by atoms with Crippen molar-refractivity contribution in [1.82, 2.24) is 0 Å². The van der Waals surface area contributed by atoms with Gasteiger partial charge in [-0.1, -0.05) is 30.8 Å². The van der Waals surface area contributed by atoms with Crippen LogP contribution in [0.1, 0.15) is 22.8 Å². The number of allylic oxidation sites excluding steroid dienone is 1. The van der Waals surface area contributed by atoms with E-state index in [1.54, 1.807) is 31.2 Å². The van der Waals surface area contributed by atoms with Gasteiger partial charge in [-0.3, -0.25) is 4.79 Å². The minimum Gasteiger partial charge on any atom is -0.397 e. The molecule has 0 atom stereocenters. The fourth-order valence-electron chi connectivity index (χ4n) is 2.10. The van der Waals surface area contributed by atoms with Crippen molar-refractivity contribution < 1.29 is 9.63 Å². The lowest BCUT2D eigenvalue weighted by atomic mass is 10.1. The summed E-state index contributed by atoms with van der Waals surface area (Å²) in [7, 11) is 0. The maximum absolute atomic E-state index is 12.2. The van der Waals surface area contributed by atoms with Crippen LogP contribution in [0.3, 0.4) is 0 Å². The summed E-state index contributed by atoms with van der Waals surface area (Å²) in [5, 5.41) is 2.79. The Hall–Kier alpha value is -3.12. The van der Waals surface area contributed by atoms with Crippen molar-refractivity contribution in [3.05, 3.63) is 71.9 Å². The van der Waals surface area contributed by atoms with E-state index in [0.29, 0.717) is 35.0 Å². The Labute approximate surface area is 140 Å². The molecule has 1 amide bonds. The molecule has 24 heavy (non-hydrogen) atoms. The van der Waals surface area contributed by atoms with Crippen molar-refractivity contribution in [2.75, 3.05) is 11.1 Å². The molecule has 0 bridgehead atoms. The number of hydrogen-bond donors (Lipinski definition) is 3. The monoisotopic (exact) mass is 324 g/mol. The molecule has 6 nitrogen and oxygen atoms in total. The topological polar surface area (TPSA) is 103 Å². The second-order valence-corrected chi connectivity index (χ2v) is 5.23. The van der Waals surface area contributed by atoms with Gasteiger partial charge in [0.2, 0.25) is 5.90 Å². The third kappa shape index (κ3) is 4.69. The molecular weight excluding hydrogens is 304 g/mol. The zero-order valence-electron chi connectivity index (χ0n) is 13.5. The van der Waals surface area contributed by atoms with Crippen LogP contribution in [0.2, 0.25) is 0 Å². The highest BCUT2D eigenvalue weighted by atomic mass is 16.6. The molecular formula is C18H20N4O2. The second kappa shape index (κ2) is 7.94. The fourth-order valence-corrected chi connectivity index (χ4v) is 2.10. The highest BCUT2D eigenvalue weighted by Gasteiger charge is 2.08. The second-order valence-electron chi connectivity index (χ2n) is 5.23. The van der Waals surface area contributed by atoms with Crippen LogP contribution in [0.25, 0.3) is 0 Å². The molecule has 6 heteroatoms. The van der Waals surface area contributed by atoms with Gasteiger partial charge in [-0.2, -0.15) is 5.90 Å². The lowest BCUT2D eigenvalue weighted by Crippen LogP contribution is -2.13. The zero-order chi connectivity index (χ0) is 17.5. The maximum Gasteiger partial charge on any atom is 0.255 e. The number of nitrogens with zero attached hydrogens (tertiary/aromatic N) is 1. The number of hydrogen-bond acceptors (Lipinski definition) is 5. The smallest absolute Gasteiger partial charge is 0.255 e. The Morgan fingerprint density at radius 3 is 2.50 bits per heavy atom. The molecule has 0 aliphatic carbocycles. The van der Waals surface area contributed by atoms with E-state index in [0.717, 1.165) is 5.56 Å². The van der Waals surface area contributed by atoms with Gasteiger partial charge in [0.05, 0.1) is 11.4 Å². The lowest BCUT2D eigenvalue weighted by molar-refractivity contribution is 0.102. The summed E-state index contributed by atoms with van der Waals surface area (Å²) in [6.07, 6.45) is 0.536. The Balaban J connectivity index is 2.02. The summed E-state index contributed by atoms with van der Waals surface area (Å²) >= 11 is 0. The summed E-state index contributed by atoms with van der Waals surface area (Å²) in [6, 6.07) is 14.3. The average molecular weight is 324 g/mol. The molecule has 0 radical (unpaired) electrons. The van der Waals surface area contributed by atoms with Gasteiger partial charge in [0, 0.05) is 24.6 Å². The first-order valence-corrected chi connectivity index (χ1v) is 7.34. The number of carbonyl (C=O) groups excluding carboxylic acids is 1. The fraction of sp³-hybridized carbons (Fsp3) is 0.111. The number of nitrogens with two attached hydrogens (primary N) is 2. The number of nitrogen functional groups attached to an aromatic ring is 1.